The number of likely N-dealkylation sites (N-methyl/N-ethyl adjacent to an activating group) is 1. The molecule has 0 amide bonds. The van der Waals surface area contributed by atoms with Gasteiger partial charge in [0, 0.05) is 23.5 Å². The number of hydrogen-bond donors (Lipinski definition) is 1. The van der Waals surface area contributed by atoms with Crippen molar-refractivity contribution in [3.05, 3.63) is 51.5 Å². The summed E-state index contributed by atoms with van der Waals surface area (Å²) >= 11 is 1.55. The van der Waals surface area contributed by atoms with Gasteiger partial charge in [-0.1, -0.05) is 0 Å². The minimum absolute atomic E-state index is 0.217. The molecule has 0 spiro atoms. The van der Waals surface area contributed by atoms with Crippen LogP contribution in [0.2, 0.25) is 0 Å². The van der Waals surface area contributed by atoms with E-state index in [9.17, 15) is 8.78 Å². The topological polar surface area (TPSA) is 42.2 Å². The summed E-state index contributed by atoms with van der Waals surface area (Å²) in [7, 11) is 1.85. The van der Waals surface area contributed by atoms with Crippen LogP contribution in [0.1, 0.15) is 22.2 Å². The van der Waals surface area contributed by atoms with Gasteiger partial charge in [0.05, 0.1) is 17.2 Å². The summed E-state index contributed by atoms with van der Waals surface area (Å²) < 4.78 is 27.2. The molecule has 3 nitrogen and oxygen atoms in total. The van der Waals surface area contributed by atoms with Gasteiger partial charge in [0.15, 0.2) is 0 Å². The van der Waals surface area contributed by atoms with Gasteiger partial charge in [0.25, 0.3) is 0 Å². The molecule has 0 aliphatic rings. The molecule has 0 aliphatic heterocycles. The number of thiazole rings is 1. The molecule has 108 valence electrons. The summed E-state index contributed by atoms with van der Waals surface area (Å²) in [5, 5.41) is 0. The van der Waals surface area contributed by atoms with Gasteiger partial charge in [0.2, 0.25) is 0 Å². The maximum Gasteiger partial charge on any atom is 0.128 e. The van der Waals surface area contributed by atoms with Crippen LogP contribution in [0.5, 0.6) is 0 Å². The smallest absolute Gasteiger partial charge is 0.128 e. The van der Waals surface area contributed by atoms with E-state index in [0.717, 1.165) is 22.7 Å². The number of benzene rings is 1. The Morgan fingerprint density at radius 2 is 2.15 bits per heavy atom. The summed E-state index contributed by atoms with van der Waals surface area (Å²) in [5.74, 6) is -0.892. The van der Waals surface area contributed by atoms with Crippen molar-refractivity contribution in [3.63, 3.8) is 0 Å². The molecular weight excluding hydrogens is 280 g/mol. The molecule has 0 fully saturated rings. The molecule has 6 heteroatoms. The Morgan fingerprint density at radius 3 is 2.75 bits per heavy atom. The summed E-state index contributed by atoms with van der Waals surface area (Å²) in [6.07, 6.45) is 0. The Bertz CT molecular complexity index is 586. The molecular formula is C14H17F2N3S. The molecule has 0 radical (unpaired) electrons. The Morgan fingerprint density at radius 1 is 1.40 bits per heavy atom. The van der Waals surface area contributed by atoms with Crippen molar-refractivity contribution in [1.29, 1.82) is 0 Å². The van der Waals surface area contributed by atoms with E-state index in [-0.39, 0.29) is 18.2 Å². The number of rotatable bonds is 5. The summed E-state index contributed by atoms with van der Waals surface area (Å²) in [4.78, 5) is 7.20. The number of nitrogens with zero attached hydrogens (tertiary/aromatic N) is 2. The molecule has 1 aromatic carbocycles. The van der Waals surface area contributed by atoms with E-state index in [0.29, 0.717) is 6.54 Å². The zero-order valence-electron chi connectivity index (χ0n) is 11.4. The predicted molar refractivity (Wildman–Crippen MR) is 76.5 cm³/mol. The maximum absolute atomic E-state index is 13.9. The molecule has 0 aliphatic carbocycles. The first kappa shape index (κ1) is 15.0. The number of nitrogens with two attached hydrogens (primary N) is 1. The van der Waals surface area contributed by atoms with Gasteiger partial charge in [-0.3, -0.25) is 4.90 Å². The van der Waals surface area contributed by atoms with Crippen molar-refractivity contribution in [2.75, 3.05) is 13.6 Å². The Labute approximate surface area is 121 Å². The standard InChI is InChI=1S/C14H17F2N3S/c1-9-14(20-8-18-9)7-19(2)13(6-17)11-5-10(15)3-4-12(11)16/h3-5,8,13H,6-7,17H2,1-2H3. The highest BCUT2D eigenvalue weighted by Crippen LogP contribution is 2.25. The summed E-state index contributed by atoms with van der Waals surface area (Å²) in [6.45, 7) is 2.75. The van der Waals surface area contributed by atoms with Gasteiger partial charge in [-0.25, -0.2) is 13.8 Å². The molecule has 2 rings (SSSR count). The molecule has 2 aromatic rings. The van der Waals surface area contributed by atoms with Crippen LogP contribution in [0.3, 0.4) is 0 Å². The van der Waals surface area contributed by atoms with E-state index in [1.165, 1.54) is 6.07 Å². The van der Waals surface area contributed by atoms with E-state index in [1.807, 2.05) is 18.9 Å². The van der Waals surface area contributed by atoms with Gasteiger partial charge in [-0.05, 0) is 32.2 Å². The van der Waals surface area contributed by atoms with Crippen LogP contribution in [0, 0.1) is 18.6 Å². The number of hydrogen-bond acceptors (Lipinski definition) is 4. The molecule has 0 bridgehead atoms. The van der Waals surface area contributed by atoms with Crippen LogP contribution in [-0.2, 0) is 6.54 Å². The van der Waals surface area contributed by atoms with E-state index in [2.05, 4.69) is 4.98 Å². The largest absolute Gasteiger partial charge is 0.329 e. The highest BCUT2D eigenvalue weighted by Gasteiger charge is 2.21. The highest BCUT2D eigenvalue weighted by molar-refractivity contribution is 7.09. The lowest BCUT2D eigenvalue weighted by atomic mass is 10.0. The normalized spacial score (nSPS) is 12.9. The van der Waals surface area contributed by atoms with Crippen molar-refractivity contribution >= 4 is 11.3 Å². The van der Waals surface area contributed by atoms with E-state index < -0.39 is 11.6 Å². The Hall–Kier alpha value is -1.37. The summed E-state index contributed by atoms with van der Waals surface area (Å²) in [5.41, 5.74) is 8.77. The average molecular weight is 297 g/mol. The van der Waals surface area contributed by atoms with Gasteiger partial charge in [-0.2, -0.15) is 0 Å². The summed E-state index contributed by atoms with van der Waals surface area (Å²) in [6, 6.07) is 3.09. The first-order valence-electron chi connectivity index (χ1n) is 6.27. The van der Waals surface area contributed by atoms with Crippen molar-refractivity contribution in [2.45, 2.75) is 19.5 Å². The zero-order valence-corrected chi connectivity index (χ0v) is 12.3. The predicted octanol–water partition coefficient (Wildman–Crippen LogP) is 2.86. The van der Waals surface area contributed by atoms with Crippen molar-refractivity contribution in [2.24, 2.45) is 5.73 Å². The van der Waals surface area contributed by atoms with Gasteiger partial charge in [0.1, 0.15) is 11.6 Å². The second-order valence-electron chi connectivity index (χ2n) is 4.69. The monoisotopic (exact) mass is 297 g/mol. The molecule has 0 saturated carbocycles. The molecule has 0 saturated heterocycles. The van der Waals surface area contributed by atoms with Crippen LogP contribution >= 0.6 is 11.3 Å². The van der Waals surface area contributed by atoms with E-state index in [1.54, 1.807) is 16.8 Å². The SMILES string of the molecule is Cc1ncsc1CN(C)C(CN)c1cc(F)ccc1F. The third kappa shape index (κ3) is 3.20. The zero-order chi connectivity index (χ0) is 14.7. The van der Waals surface area contributed by atoms with Crippen molar-refractivity contribution in [3.8, 4) is 0 Å². The van der Waals surface area contributed by atoms with E-state index in [4.69, 9.17) is 5.73 Å². The second kappa shape index (κ2) is 6.39. The molecule has 1 unspecified atom stereocenters. The number of halogens is 2. The van der Waals surface area contributed by atoms with Crippen LogP contribution in [0.4, 0.5) is 8.78 Å². The number of aromatic nitrogens is 1. The lowest BCUT2D eigenvalue weighted by molar-refractivity contribution is 0.237. The molecule has 1 aromatic heterocycles. The fourth-order valence-electron chi connectivity index (χ4n) is 2.13. The number of aryl methyl sites for hydroxylation is 1. The van der Waals surface area contributed by atoms with E-state index >= 15 is 0 Å². The lowest BCUT2D eigenvalue weighted by Crippen LogP contribution is -2.31. The molecule has 2 N–H and O–H groups in total. The van der Waals surface area contributed by atoms with Gasteiger partial charge < -0.3 is 5.73 Å². The lowest BCUT2D eigenvalue weighted by Gasteiger charge is -2.27. The van der Waals surface area contributed by atoms with Gasteiger partial charge in [-0.15, -0.1) is 11.3 Å². The van der Waals surface area contributed by atoms with Gasteiger partial charge >= 0.3 is 0 Å². The third-order valence-electron chi connectivity index (χ3n) is 3.31. The first-order valence-corrected chi connectivity index (χ1v) is 7.15. The van der Waals surface area contributed by atoms with Crippen LogP contribution in [-0.4, -0.2) is 23.5 Å². The van der Waals surface area contributed by atoms with Crippen molar-refractivity contribution in [1.82, 2.24) is 9.88 Å². The highest BCUT2D eigenvalue weighted by atomic mass is 32.1. The molecule has 1 atom stereocenters. The van der Waals surface area contributed by atoms with Crippen molar-refractivity contribution < 1.29 is 8.78 Å². The minimum Gasteiger partial charge on any atom is -0.329 e. The van der Waals surface area contributed by atoms with Crippen LogP contribution in [0.25, 0.3) is 0 Å². The Balaban J connectivity index is 2.23. The first-order chi connectivity index (χ1) is 9.52. The van der Waals surface area contributed by atoms with Crippen LogP contribution < -0.4 is 5.73 Å². The minimum atomic E-state index is -0.456. The molecule has 1 heterocycles. The second-order valence-corrected chi connectivity index (χ2v) is 5.63. The molecule has 20 heavy (non-hydrogen) atoms. The van der Waals surface area contributed by atoms with Crippen LogP contribution in [0.15, 0.2) is 23.7 Å². The Kier molecular flexibility index (Phi) is 4.80. The quantitative estimate of drug-likeness (QED) is 0.922. The third-order valence-corrected chi connectivity index (χ3v) is 4.23. The fourth-order valence-corrected chi connectivity index (χ4v) is 2.97. The maximum atomic E-state index is 13.9. The fraction of sp³-hybridized carbons (Fsp3) is 0.357. The average Bonchev–Trinajstić information content (AvgIpc) is 2.80.